The van der Waals surface area contributed by atoms with Crippen LogP contribution in [0.2, 0.25) is 0 Å². The van der Waals surface area contributed by atoms with Crippen molar-refractivity contribution in [3.63, 3.8) is 0 Å². The average molecular weight is 476 g/mol. The maximum absolute atomic E-state index is 12.9. The fourth-order valence-corrected chi connectivity index (χ4v) is 2.97. The van der Waals surface area contributed by atoms with E-state index in [-0.39, 0.29) is 29.1 Å². The van der Waals surface area contributed by atoms with Gasteiger partial charge >= 0.3 is 5.97 Å². The maximum atomic E-state index is 12.9. The molecule has 156 valence electrons. The van der Waals surface area contributed by atoms with Crippen LogP contribution in [0, 0.1) is 6.92 Å². The summed E-state index contributed by atoms with van der Waals surface area (Å²) in [5.74, 6) is -0.596. The maximum Gasteiger partial charge on any atom is 0.325 e. The summed E-state index contributed by atoms with van der Waals surface area (Å²) >= 11 is 3.37. The second-order valence-electron chi connectivity index (χ2n) is 6.42. The number of aryl methyl sites for hydroxylation is 1. The van der Waals surface area contributed by atoms with Gasteiger partial charge in [-0.05, 0) is 54.0 Å². The zero-order chi connectivity index (χ0) is 21.8. The molecule has 2 N–H and O–H groups in total. The average Bonchev–Trinajstić information content (AvgIpc) is 2.70. The number of nitrogens with one attached hydrogen (secondary N) is 1. The molecule has 0 aliphatic carbocycles. The molecule has 3 rings (SSSR count). The summed E-state index contributed by atoms with van der Waals surface area (Å²) in [4.78, 5) is 35.4. The lowest BCUT2D eigenvalue weighted by molar-refractivity contribution is -0.141. The molecular weight excluding hydrogens is 458 g/mol. The minimum absolute atomic E-state index is 0.0742. The van der Waals surface area contributed by atoms with E-state index in [0.29, 0.717) is 21.4 Å². The number of halogens is 1. The number of hydrogen-bond acceptors (Lipinski definition) is 6. The van der Waals surface area contributed by atoms with E-state index in [2.05, 4.69) is 21.2 Å². The molecule has 1 heterocycles. The van der Waals surface area contributed by atoms with E-state index in [0.717, 1.165) is 0 Å². The number of benzene rings is 2. The molecule has 8 nitrogen and oxygen atoms in total. The lowest BCUT2D eigenvalue weighted by Gasteiger charge is -2.12. The molecule has 30 heavy (non-hydrogen) atoms. The van der Waals surface area contributed by atoms with E-state index in [1.807, 2.05) is 6.07 Å². The molecule has 3 aromatic rings. The van der Waals surface area contributed by atoms with Gasteiger partial charge in [0.1, 0.15) is 28.9 Å². The van der Waals surface area contributed by atoms with Gasteiger partial charge in [0.05, 0.1) is 9.86 Å². The van der Waals surface area contributed by atoms with E-state index >= 15 is 0 Å². The molecule has 0 spiro atoms. The van der Waals surface area contributed by atoms with Crippen molar-refractivity contribution in [2.75, 3.05) is 6.61 Å². The molecule has 0 aliphatic heterocycles. The van der Waals surface area contributed by atoms with E-state index < -0.39 is 17.9 Å². The fraction of sp³-hybridized carbons (Fsp3) is 0.190. The Morgan fingerprint density at radius 1 is 1.23 bits per heavy atom. The number of hydrogen-bond donors (Lipinski definition) is 2. The Morgan fingerprint density at radius 3 is 2.67 bits per heavy atom. The van der Waals surface area contributed by atoms with Gasteiger partial charge in [-0.3, -0.25) is 14.4 Å². The summed E-state index contributed by atoms with van der Waals surface area (Å²) < 4.78 is 17.6. The van der Waals surface area contributed by atoms with E-state index in [1.165, 1.54) is 25.1 Å². The van der Waals surface area contributed by atoms with Crippen LogP contribution in [0.4, 0.5) is 0 Å². The molecule has 0 radical (unpaired) electrons. The third-order valence-corrected chi connectivity index (χ3v) is 4.81. The fourth-order valence-electron chi connectivity index (χ4n) is 2.61. The minimum Gasteiger partial charge on any atom is -0.484 e. The number of amides is 1. The van der Waals surface area contributed by atoms with Crippen molar-refractivity contribution in [1.82, 2.24) is 5.32 Å². The molecule has 0 saturated carbocycles. The van der Waals surface area contributed by atoms with Crippen molar-refractivity contribution >= 4 is 38.8 Å². The van der Waals surface area contributed by atoms with Gasteiger partial charge in [-0.1, -0.05) is 12.1 Å². The molecular formula is C21H18BrNO7. The highest BCUT2D eigenvalue weighted by molar-refractivity contribution is 9.10. The zero-order valence-electron chi connectivity index (χ0n) is 16.1. The SMILES string of the molecule is Cc1oc2cc(OCC(=O)N[C@@H](C)C(=O)O)ccc2c(=O)c1Oc1ccccc1Br. The Balaban J connectivity index is 1.81. The number of para-hydroxylation sites is 1. The molecule has 0 saturated heterocycles. The predicted octanol–water partition coefficient (Wildman–Crippen LogP) is 3.62. The van der Waals surface area contributed by atoms with Crippen LogP contribution in [0.1, 0.15) is 12.7 Å². The number of carbonyl (C=O) groups is 2. The normalized spacial score (nSPS) is 11.7. The number of aliphatic carboxylic acids is 1. The van der Waals surface area contributed by atoms with E-state index in [9.17, 15) is 14.4 Å². The van der Waals surface area contributed by atoms with Crippen LogP contribution in [0.3, 0.4) is 0 Å². The molecule has 9 heteroatoms. The van der Waals surface area contributed by atoms with Crippen molar-refractivity contribution in [2.24, 2.45) is 0 Å². The Labute approximate surface area is 179 Å². The molecule has 2 aromatic carbocycles. The Bertz CT molecular complexity index is 1170. The first-order valence-corrected chi connectivity index (χ1v) is 9.70. The van der Waals surface area contributed by atoms with Crippen LogP contribution in [0.25, 0.3) is 11.0 Å². The molecule has 1 aromatic heterocycles. The highest BCUT2D eigenvalue weighted by Gasteiger charge is 2.17. The van der Waals surface area contributed by atoms with Crippen LogP contribution in [0.15, 0.2) is 56.1 Å². The third-order valence-electron chi connectivity index (χ3n) is 4.15. The van der Waals surface area contributed by atoms with Crippen LogP contribution in [0.5, 0.6) is 17.2 Å². The largest absolute Gasteiger partial charge is 0.484 e. The van der Waals surface area contributed by atoms with Gasteiger partial charge < -0.3 is 24.3 Å². The van der Waals surface area contributed by atoms with Gasteiger partial charge in [0.25, 0.3) is 5.91 Å². The van der Waals surface area contributed by atoms with E-state index in [1.54, 1.807) is 25.1 Å². The first-order chi connectivity index (χ1) is 14.3. The minimum atomic E-state index is -1.15. The van der Waals surface area contributed by atoms with Crippen LogP contribution in [-0.2, 0) is 9.59 Å². The lowest BCUT2D eigenvalue weighted by atomic mass is 10.2. The number of carboxylic acid groups (broad SMARTS) is 1. The Hall–Kier alpha value is -3.33. The van der Waals surface area contributed by atoms with Gasteiger partial charge in [0.15, 0.2) is 6.61 Å². The molecule has 1 amide bonds. The highest BCUT2D eigenvalue weighted by Crippen LogP contribution is 2.31. The predicted molar refractivity (Wildman–Crippen MR) is 112 cm³/mol. The molecule has 0 bridgehead atoms. The van der Waals surface area contributed by atoms with Gasteiger partial charge in [-0.2, -0.15) is 0 Å². The number of rotatable bonds is 7. The molecule has 0 unspecified atom stereocenters. The summed E-state index contributed by atoms with van der Waals surface area (Å²) in [6.45, 7) is 2.58. The number of carbonyl (C=O) groups excluding carboxylic acids is 1. The van der Waals surface area contributed by atoms with Crippen LogP contribution < -0.4 is 20.2 Å². The van der Waals surface area contributed by atoms with Crippen molar-refractivity contribution in [2.45, 2.75) is 19.9 Å². The van der Waals surface area contributed by atoms with Gasteiger partial charge in [0, 0.05) is 6.07 Å². The smallest absolute Gasteiger partial charge is 0.325 e. The second-order valence-corrected chi connectivity index (χ2v) is 7.28. The highest BCUT2D eigenvalue weighted by atomic mass is 79.9. The van der Waals surface area contributed by atoms with Crippen molar-refractivity contribution < 1.29 is 28.6 Å². The molecule has 1 atom stereocenters. The Kier molecular flexibility index (Phi) is 6.41. The quantitative estimate of drug-likeness (QED) is 0.535. The zero-order valence-corrected chi connectivity index (χ0v) is 17.7. The monoisotopic (exact) mass is 475 g/mol. The number of fused-ring (bicyclic) bond motifs is 1. The number of ether oxygens (including phenoxy) is 2. The topological polar surface area (TPSA) is 115 Å². The van der Waals surface area contributed by atoms with Crippen LogP contribution in [-0.4, -0.2) is 29.6 Å². The summed E-state index contributed by atoms with van der Waals surface area (Å²) in [6, 6.07) is 10.6. The van der Waals surface area contributed by atoms with Crippen molar-refractivity contribution in [3.8, 4) is 17.2 Å². The van der Waals surface area contributed by atoms with Gasteiger partial charge in [0.2, 0.25) is 11.2 Å². The van der Waals surface area contributed by atoms with Crippen LogP contribution >= 0.6 is 15.9 Å². The standard InChI is InChI=1S/C21H18BrNO7/c1-11(21(26)27)23-18(24)10-28-13-7-8-14-17(9-13)29-12(2)20(19(14)25)30-16-6-4-3-5-15(16)22/h3-9,11H,10H2,1-2H3,(H,23,24)(H,26,27)/t11-/m0/s1. The summed E-state index contributed by atoms with van der Waals surface area (Å²) in [6.07, 6.45) is 0. The summed E-state index contributed by atoms with van der Waals surface area (Å²) in [5, 5.41) is 11.4. The second kappa shape index (κ2) is 9.00. The van der Waals surface area contributed by atoms with Gasteiger partial charge in [-0.25, -0.2) is 0 Å². The summed E-state index contributed by atoms with van der Waals surface area (Å²) in [5.41, 5.74) is -0.0714. The van der Waals surface area contributed by atoms with Gasteiger partial charge in [-0.15, -0.1) is 0 Å². The molecule has 0 aliphatic rings. The number of carboxylic acids is 1. The molecule has 0 fully saturated rings. The Morgan fingerprint density at radius 2 is 1.97 bits per heavy atom. The first-order valence-electron chi connectivity index (χ1n) is 8.91. The third kappa shape index (κ3) is 4.80. The first kappa shape index (κ1) is 21.4. The van der Waals surface area contributed by atoms with Crippen molar-refractivity contribution in [1.29, 1.82) is 0 Å². The van der Waals surface area contributed by atoms with E-state index in [4.69, 9.17) is 19.0 Å². The summed E-state index contributed by atoms with van der Waals surface area (Å²) in [7, 11) is 0. The van der Waals surface area contributed by atoms with Crippen molar-refractivity contribution in [3.05, 3.63) is 62.9 Å². The lowest BCUT2D eigenvalue weighted by Crippen LogP contribution is -2.40.